The fraction of sp³-hybridized carbons (Fsp3) is 0.417. The first-order chi connectivity index (χ1) is 7.79. The Hall–Kier alpha value is -0.870. The number of halogens is 1. The zero-order valence-electron chi connectivity index (χ0n) is 8.99. The Morgan fingerprint density at radius 1 is 1.44 bits per heavy atom. The van der Waals surface area contributed by atoms with Crippen LogP contribution in [0.15, 0.2) is 22.7 Å². The van der Waals surface area contributed by atoms with Crippen LogP contribution in [0.5, 0.6) is 0 Å². The van der Waals surface area contributed by atoms with E-state index in [4.69, 9.17) is 10.7 Å². The highest BCUT2D eigenvalue weighted by atomic mass is 79.9. The van der Waals surface area contributed by atoms with Gasteiger partial charge in [-0.2, -0.15) is 0 Å². The Balaban J connectivity index is 2.19. The molecule has 0 amide bonds. The minimum absolute atomic E-state index is 0.665. The van der Waals surface area contributed by atoms with Gasteiger partial charge in [-0.1, -0.05) is 15.9 Å². The van der Waals surface area contributed by atoms with Gasteiger partial charge in [-0.3, -0.25) is 0 Å². The molecule has 1 heterocycles. The molecular formula is C12H14BrN3. The number of nitrogens with zero attached hydrogens (tertiary/aromatic N) is 2. The predicted molar refractivity (Wildman–Crippen MR) is 68.5 cm³/mol. The molecule has 1 aliphatic rings. The Morgan fingerprint density at radius 3 is 2.94 bits per heavy atom. The standard InChI is InChI=1S/C12H14BrN3/c13-9-3-4-11-10(7-9)15-12(8-1-2-8)16(11)6-5-14/h3-4,7-8H,1-2,5-6,14H2. The highest BCUT2D eigenvalue weighted by molar-refractivity contribution is 9.10. The zero-order valence-corrected chi connectivity index (χ0v) is 10.6. The van der Waals surface area contributed by atoms with Crippen molar-refractivity contribution in [3.8, 4) is 0 Å². The fourth-order valence-electron chi connectivity index (χ4n) is 2.14. The van der Waals surface area contributed by atoms with E-state index in [0.29, 0.717) is 12.5 Å². The summed E-state index contributed by atoms with van der Waals surface area (Å²) in [5.41, 5.74) is 7.95. The minimum Gasteiger partial charge on any atom is -0.329 e. The van der Waals surface area contributed by atoms with Crippen LogP contribution in [0.2, 0.25) is 0 Å². The van der Waals surface area contributed by atoms with Gasteiger partial charge in [0, 0.05) is 23.5 Å². The molecule has 4 heteroatoms. The SMILES string of the molecule is NCCn1c(C2CC2)nc2cc(Br)ccc21. The Bertz CT molecular complexity index is 528. The molecule has 0 saturated heterocycles. The lowest BCUT2D eigenvalue weighted by Gasteiger charge is -2.06. The van der Waals surface area contributed by atoms with Crippen molar-refractivity contribution in [2.24, 2.45) is 5.73 Å². The molecule has 1 saturated carbocycles. The van der Waals surface area contributed by atoms with Gasteiger partial charge in [0.2, 0.25) is 0 Å². The molecule has 1 aromatic carbocycles. The Labute approximate surface area is 103 Å². The number of aromatic nitrogens is 2. The van der Waals surface area contributed by atoms with E-state index in [0.717, 1.165) is 16.5 Å². The van der Waals surface area contributed by atoms with Crippen molar-refractivity contribution in [3.05, 3.63) is 28.5 Å². The van der Waals surface area contributed by atoms with Gasteiger partial charge in [-0.25, -0.2) is 4.98 Å². The number of hydrogen-bond acceptors (Lipinski definition) is 2. The molecule has 3 nitrogen and oxygen atoms in total. The van der Waals surface area contributed by atoms with Gasteiger partial charge in [0.15, 0.2) is 0 Å². The van der Waals surface area contributed by atoms with Crippen LogP contribution in [0, 0.1) is 0 Å². The van der Waals surface area contributed by atoms with Crippen LogP contribution >= 0.6 is 15.9 Å². The number of benzene rings is 1. The molecule has 0 bridgehead atoms. The summed E-state index contributed by atoms with van der Waals surface area (Å²) in [6.45, 7) is 1.53. The Morgan fingerprint density at radius 2 is 2.25 bits per heavy atom. The second-order valence-electron chi connectivity index (χ2n) is 4.32. The topological polar surface area (TPSA) is 43.8 Å². The summed E-state index contributed by atoms with van der Waals surface area (Å²) in [5.74, 6) is 1.89. The number of rotatable bonds is 3. The van der Waals surface area contributed by atoms with E-state index < -0.39 is 0 Å². The summed E-state index contributed by atoms with van der Waals surface area (Å²) in [5, 5.41) is 0. The summed E-state index contributed by atoms with van der Waals surface area (Å²) in [6.07, 6.45) is 2.55. The third kappa shape index (κ3) is 1.66. The summed E-state index contributed by atoms with van der Waals surface area (Å²) < 4.78 is 3.36. The van der Waals surface area contributed by atoms with Crippen LogP contribution in [0.3, 0.4) is 0 Å². The third-order valence-electron chi connectivity index (χ3n) is 3.04. The summed E-state index contributed by atoms with van der Waals surface area (Å²) in [7, 11) is 0. The van der Waals surface area contributed by atoms with Gasteiger partial charge in [0.25, 0.3) is 0 Å². The minimum atomic E-state index is 0.665. The Kier molecular flexibility index (Phi) is 2.48. The molecule has 0 radical (unpaired) electrons. The van der Waals surface area contributed by atoms with Crippen LogP contribution in [0.1, 0.15) is 24.6 Å². The average molecular weight is 280 g/mol. The van der Waals surface area contributed by atoms with Gasteiger partial charge < -0.3 is 10.3 Å². The number of imidazole rings is 1. The van der Waals surface area contributed by atoms with E-state index in [-0.39, 0.29) is 0 Å². The fourth-order valence-corrected chi connectivity index (χ4v) is 2.49. The first-order valence-corrected chi connectivity index (χ1v) is 6.44. The molecular weight excluding hydrogens is 266 g/mol. The molecule has 2 aromatic rings. The van der Waals surface area contributed by atoms with Crippen LogP contribution in [0.25, 0.3) is 11.0 Å². The number of fused-ring (bicyclic) bond motifs is 1. The summed E-state index contributed by atoms with van der Waals surface area (Å²) in [6, 6.07) is 6.26. The largest absolute Gasteiger partial charge is 0.329 e. The molecule has 16 heavy (non-hydrogen) atoms. The van der Waals surface area contributed by atoms with E-state index in [1.807, 2.05) is 0 Å². The van der Waals surface area contributed by atoms with E-state index >= 15 is 0 Å². The summed E-state index contributed by atoms with van der Waals surface area (Å²) in [4.78, 5) is 4.73. The smallest absolute Gasteiger partial charge is 0.113 e. The highest BCUT2D eigenvalue weighted by Gasteiger charge is 2.29. The van der Waals surface area contributed by atoms with E-state index in [9.17, 15) is 0 Å². The molecule has 0 unspecified atom stereocenters. The second kappa shape index (κ2) is 3.86. The number of hydrogen-bond donors (Lipinski definition) is 1. The van der Waals surface area contributed by atoms with E-state index in [1.165, 1.54) is 24.2 Å². The van der Waals surface area contributed by atoms with Crippen molar-refractivity contribution in [2.75, 3.05) is 6.54 Å². The molecule has 0 aliphatic heterocycles. The van der Waals surface area contributed by atoms with E-state index in [2.05, 4.69) is 38.7 Å². The molecule has 3 rings (SSSR count). The number of nitrogens with two attached hydrogens (primary N) is 1. The average Bonchev–Trinajstić information content (AvgIpc) is 3.04. The maximum Gasteiger partial charge on any atom is 0.113 e. The molecule has 0 spiro atoms. The van der Waals surface area contributed by atoms with E-state index in [1.54, 1.807) is 0 Å². The van der Waals surface area contributed by atoms with Gasteiger partial charge in [0.1, 0.15) is 5.82 Å². The van der Waals surface area contributed by atoms with Crippen molar-refractivity contribution in [3.63, 3.8) is 0 Å². The maximum atomic E-state index is 5.67. The highest BCUT2D eigenvalue weighted by Crippen LogP contribution is 2.40. The van der Waals surface area contributed by atoms with Crippen molar-refractivity contribution >= 4 is 27.0 Å². The van der Waals surface area contributed by atoms with Crippen molar-refractivity contribution in [2.45, 2.75) is 25.3 Å². The van der Waals surface area contributed by atoms with Gasteiger partial charge >= 0.3 is 0 Å². The lowest BCUT2D eigenvalue weighted by atomic mass is 10.3. The third-order valence-corrected chi connectivity index (χ3v) is 3.53. The normalized spacial score (nSPS) is 15.9. The van der Waals surface area contributed by atoms with Gasteiger partial charge in [-0.05, 0) is 31.0 Å². The molecule has 84 valence electrons. The zero-order chi connectivity index (χ0) is 11.1. The van der Waals surface area contributed by atoms with Crippen molar-refractivity contribution in [1.29, 1.82) is 0 Å². The van der Waals surface area contributed by atoms with Crippen molar-refractivity contribution in [1.82, 2.24) is 9.55 Å². The summed E-state index contributed by atoms with van der Waals surface area (Å²) >= 11 is 3.48. The maximum absolute atomic E-state index is 5.67. The molecule has 1 aliphatic carbocycles. The van der Waals surface area contributed by atoms with Crippen LogP contribution in [-0.2, 0) is 6.54 Å². The second-order valence-corrected chi connectivity index (χ2v) is 5.23. The lowest BCUT2D eigenvalue weighted by molar-refractivity contribution is 0.680. The molecule has 1 aromatic heterocycles. The molecule has 2 N–H and O–H groups in total. The van der Waals surface area contributed by atoms with Gasteiger partial charge in [0.05, 0.1) is 11.0 Å². The van der Waals surface area contributed by atoms with Crippen molar-refractivity contribution < 1.29 is 0 Å². The quantitative estimate of drug-likeness (QED) is 0.939. The van der Waals surface area contributed by atoms with Crippen LogP contribution < -0.4 is 5.73 Å². The predicted octanol–water partition coefficient (Wildman–Crippen LogP) is 2.63. The lowest BCUT2D eigenvalue weighted by Crippen LogP contribution is -2.12. The van der Waals surface area contributed by atoms with Gasteiger partial charge in [-0.15, -0.1) is 0 Å². The monoisotopic (exact) mass is 279 g/mol. The molecule has 1 fully saturated rings. The molecule has 0 atom stereocenters. The van der Waals surface area contributed by atoms with Crippen LogP contribution in [0.4, 0.5) is 0 Å². The first kappa shape index (κ1) is 10.3. The first-order valence-electron chi connectivity index (χ1n) is 5.65. The van der Waals surface area contributed by atoms with Crippen LogP contribution in [-0.4, -0.2) is 16.1 Å².